The van der Waals surface area contributed by atoms with Crippen molar-refractivity contribution >= 4 is 17.2 Å². The second kappa shape index (κ2) is 8.54. The third-order valence-electron chi connectivity index (χ3n) is 5.43. The number of unbranched alkanes of at least 4 members (excludes halogenated alkanes) is 1. The van der Waals surface area contributed by atoms with Crippen LogP contribution in [0.25, 0.3) is 0 Å². The highest BCUT2D eigenvalue weighted by Crippen LogP contribution is 2.35. The molecule has 140 valence electrons. The zero-order valence-corrected chi connectivity index (χ0v) is 16.7. The lowest BCUT2D eigenvalue weighted by molar-refractivity contribution is -0.132. The van der Waals surface area contributed by atoms with Gasteiger partial charge in [0.1, 0.15) is 6.10 Å². The number of nitrogens with zero attached hydrogens (tertiary/aromatic N) is 2. The Morgan fingerprint density at radius 1 is 1.32 bits per heavy atom. The minimum atomic E-state index is 0.308. The summed E-state index contributed by atoms with van der Waals surface area (Å²) in [5.41, 5.74) is 1.30. The van der Waals surface area contributed by atoms with E-state index in [1.54, 1.807) is 11.3 Å². The summed E-state index contributed by atoms with van der Waals surface area (Å²) in [6, 6.07) is 2.82. The number of piperidine rings is 1. The van der Waals surface area contributed by atoms with Gasteiger partial charge in [0.05, 0.1) is 0 Å². The molecule has 1 amide bonds. The molecule has 1 saturated heterocycles. The molecule has 0 atom stereocenters. The number of fused-ring (bicyclic) bond motifs is 1. The molecule has 0 spiro atoms. The fraction of sp³-hybridized carbons (Fsp3) is 0.750. The first kappa shape index (κ1) is 18.7. The second-order valence-corrected chi connectivity index (χ2v) is 8.73. The molecule has 0 bridgehead atoms. The minimum absolute atomic E-state index is 0.308. The standard InChI is InChI=1S/C20H32N2O2S/c1-4-5-6-19(23)22-12-9-18-16(14-22)13-20(25-18)24-17-7-10-21(11-8-17)15(2)3/h13,15,17H,4-12,14H2,1-3H3. The highest BCUT2D eigenvalue weighted by atomic mass is 32.1. The van der Waals surface area contributed by atoms with Gasteiger partial charge in [0, 0.05) is 43.5 Å². The van der Waals surface area contributed by atoms with Crippen LogP contribution in [0.2, 0.25) is 0 Å². The van der Waals surface area contributed by atoms with Gasteiger partial charge in [-0.05, 0) is 51.2 Å². The van der Waals surface area contributed by atoms with E-state index in [0.717, 1.165) is 63.3 Å². The van der Waals surface area contributed by atoms with Crippen LogP contribution in [0.3, 0.4) is 0 Å². The highest BCUT2D eigenvalue weighted by molar-refractivity contribution is 7.14. The van der Waals surface area contributed by atoms with Crippen molar-refractivity contribution in [1.29, 1.82) is 0 Å². The van der Waals surface area contributed by atoms with Gasteiger partial charge in [-0.2, -0.15) is 0 Å². The summed E-state index contributed by atoms with van der Waals surface area (Å²) in [4.78, 5) is 18.2. The molecule has 1 aromatic rings. The van der Waals surface area contributed by atoms with E-state index < -0.39 is 0 Å². The lowest BCUT2D eigenvalue weighted by Gasteiger charge is -2.34. The highest BCUT2D eigenvalue weighted by Gasteiger charge is 2.25. The monoisotopic (exact) mass is 364 g/mol. The van der Waals surface area contributed by atoms with Crippen LogP contribution in [-0.4, -0.2) is 47.5 Å². The van der Waals surface area contributed by atoms with E-state index in [-0.39, 0.29) is 0 Å². The predicted molar refractivity (Wildman–Crippen MR) is 103 cm³/mol. The number of ether oxygens (including phenoxy) is 1. The lowest BCUT2D eigenvalue weighted by atomic mass is 10.1. The molecule has 2 aliphatic rings. The Morgan fingerprint density at radius 3 is 2.76 bits per heavy atom. The van der Waals surface area contributed by atoms with Crippen molar-refractivity contribution in [3.05, 3.63) is 16.5 Å². The predicted octanol–water partition coefficient (Wildman–Crippen LogP) is 4.07. The Hall–Kier alpha value is -1.07. The maximum Gasteiger partial charge on any atom is 0.222 e. The van der Waals surface area contributed by atoms with Crippen LogP contribution in [0.5, 0.6) is 5.06 Å². The van der Waals surface area contributed by atoms with Crippen LogP contribution >= 0.6 is 11.3 Å². The number of carbonyl (C=O) groups excluding carboxylic acids is 1. The summed E-state index contributed by atoms with van der Waals surface area (Å²) in [6.07, 6.45) is 6.31. The Kier molecular flexibility index (Phi) is 6.39. The van der Waals surface area contributed by atoms with Crippen molar-refractivity contribution in [1.82, 2.24) is 9.80 Å². The molecule has 1 aromatic heterocycles. The molecule has 0 saturated carbocycles. The fourth-order valence-electron chi connectivity index (χ4n) is 3.74. The van der Waals surface area contributed by atoms with Gasteiger partial charge in [0.15, 0.2) is 5.06 Å². The third kappa shape index (κ3) is 4.76. The molecule has 25 heavy (non-hydrogen) atoms. The number of carbonyl (C=O) groups is 1. The first-order valence-electron chi connectivity index (χ1n) is 9.87. The quantitative estimate of drug-likeness (QED) is 0.763. The maximum atomic E-state index is 12.3. The maximum absolute atomic E-state index is 12.3. The van der Waals surface area contributed by atoms with Gasteiger partial charge >= 0.3 is 0 Å². The van der Waals surface area contributed by atoms with Crippen LogP contribution in [0, 0.1) is 0 Å². The van der Waals surface area contributed by atoms with Gasteiger partial charge in [-0.25, -0.2) is 0 Å². The molecule has 5 heteroatoms. The Bertz CT molecular complexity index is 576. The van der Waals surface area contributed by atoms with Crippen molar-refractivity contribution in [2.24, 2.45) is 0 Å². The molecule has 3 heterocycles. The molecule has 0 N–H and O–H groups in total. The summed E-state index contributed by atoms with van der Waals surface area (Å²) in [6.45, 7) is 10.6. The van der Waals surface area contributed by atoms with Crippen molar-refractivity contribution < 1.29 is 9.53 Å². The van der Waals surface area contributed by atoms with Crippen LogP contribution < -0.4 is 4.74 Å². The van der Waals surface area contributed by atoms with Crippen LogP contribution in [0.1, 0.15) is 63.3 Å². The molecule has 0 aromatic carbocycles. The number of hydrogen-bond donors (Lipinski definition) is 0. The van der Waals surface area contributed by atoms with Crippen molar-refractivity contribution in [2.75, 3.05) is 19.6 Å². The van der Waals surface area contributed by atoms with Crippen LogP contribution in [0.15, 0.2) is 6.07 Å². The molecule has 4 nitrogen and oxygen atoms in total. The van der Waals surface area contributed by atoms with Crippen molar-refractivity contribution in [2.45, 2.75) is 78.0 Å². The van der Waals surface area contributed by atoms with E-state index in [9.17, 15) is 4.79 Å². The van der Waals surface area contributed by atoms with E-state index >= 15 is 0 Å². The van der Waals surface area contributed by atoms with Crippen molar-refractivity contribution in [3.8, 4) is 5.06 Å². The molecule has 2 aliphatic heterocycles. The Labute approximate surface area is 156 Å². The van der Waals surface area contributed by atoms with Gasteiger partial charge in [-0.3, -0.25) is 4.79 Å². The SMILES string of the molecule is CCCCC(=O)N1CCc2sc(OC3CCN(C(C)C)CC3)cc2C1. The molecule has 0 radical (unpaired) electrons. The van der Waals surface area contributed by atoms with Gasteiger partial charge in [-0.15, -0.1) is 11.3 Å². The number of likely N-dealkylation sites (tertiary alicyclic amines) is 1. The van der Waals surface area contributed by atoms with Crippen molar-refractivity contribution in [3.63, 3.8) is 0 Å². The topological polar surface area (TPSA) is 32.8 Å². The second-order valence-electron chi connectivity index (χ2n) is 7.63. The van der Waals surface area contributed by atoms with Crippen LogP contribution in [-0.2, 0) is 17.8 Å². The normalized spacial score (nSPS) is 19.3. The zero-order valence-electron chi connectivity index (χ0n) is 15.9. The lowest BCUT2D eigenvalue weighted by Crippen LogP contribution is -2.41. The summed E-state index contributed by atoms with van der Waals surface area (Å²) in [5.74, 6) is 0.308. The van der Waals surface area contributed by atoms with Gasteiger partial charge in [-0.1, -0.05) is 13.3 Å². The van der Waals surface area contributed by atoms with Crippen LogP contribution in [0.4, 0.5) is 0 Å². The number of rotatable bonds is 6. The van der Waals surface area contributed by atoms with Gasteiger partial charge in [0.2, 0.25) is 5.91 Å². The number of amides is 1. The number of hydrogen-bond acceptors (Lipinski definition) is 4. The molecule has 0 aliphatic carbocycles. The Balaban J connectivity index is 1.53. The largest absolute Gasteiger partial charge is 0.481 e. The van der Waals surface area contributed by atoms with Gasteiger partial charge in [0.25, 0.3) is 0 Å². The molecular weight excluding hydrogens is 332 g/mol. The fourth-order valence-corrected chi connectivity index (χ4v) is 4.81. The zero-order chi connectivity index (χ0) is 17.8. The van der Waals surface area contributed by atoms with E-state index in [2.05, 4.69) is 31.7 Å². The van der Waals surface area contributed by atoms with E-state index in [1.165, 1.54) is 10.4 Å². The van der Waals surface area contributed by atoms with Gasteiger partial charge < -0.3 is 14.5 Å². The van der Waals surface area contributed by atoms with E-state index in [0.29, 0.717) is 24.5 Å². The van der Waals surface area contributed by atoms with E-state index in [1.807, 2.05) is 4.90 Å². The summed E-state index contributed by atoms with van der Waals surface area (Å²) in [7, 11) is 0. The first-order valence-corrected chi connectivity index (χ1v) is 10.7. The average Bonchev–Trinajstić information content (AvgIpc) is 3.01. The summed E-state index contributed by atoms with van der Waals surface area (Å²) < 4.78 is 6.29. The smallest absolute Gasteiger partial charge is 0.222 e. The molecule has 3 rings (SSSR count). The third-order valence-corrected chi connectivity index (χ3v) is 6.56. The average molecular weight is 365 g/mol. The van der Waals surface area contributed by atoms with E-state index in [4.69, 9.17) is 4.74 Å². The number of thiophene rings is 1. The minimum Gasteiger partial charge on any atom is -0.481 e. The summed E-state index contributed by atoms with van der Waals surface area (Å²) in [5, 5.41) is 1.05. The Morgan fingerprint density at radius 2 is 2.08 bits per heavy atom. The first-order chi connectivity index (χ1) is 12.1. The molecular formula is C20H32N2O2S. The molecule has 1 fully saturated rings. The molecule has 0 unspecified atom stereocenters. The summed E-state index contributed by atoms with van der Waals surface area (Å²) >= 11 is 1.79.